The molecule has 0 saturated heterocycles. The molecule has 0 saturated carbocycles. The van der Waals surface area contributed by atoms with Gasteiger partial charge in [-0.1, -0.05) is 60.1 Å². The number of amides is 1. The molecule has 1 aromatic heterocycles. The molecule has 24 heavy (non-hydrogen) atoms. The number of para-hydroxylation sites is 1. The summed E-state index contributed by atoms with van der Waals surface area (Å²) in [5, 5.41) is 6.32. The first kappa shape index (κ1) is 14.8. The van der Waals surface area contributed by atoms with Crippen LogP contribution in [0, 0.1) is 6.92 Å². The van der Waals surface area contributed by atoms with E-state index in [0.29, 0.717) is 16.5 Å². The molecule has 0 bridgehead atoms. The van der Waals surface area contributed by atoms with Crippen molar-refractivity contribution in [3.8, 4) is 0 Å². The van der Waals surface area contributed by atoms with E-state index in [9.17, 15) is 4.79 Å². The topological polar surface area (TPSA) is 42.2 Å². The Morgan fingerprint density at radius 3 is 2.54 bits per heavy atom. The summed E-state index contributed by atoms with van der Waals surface area (Å²) in [6.45, 7) is 1.89. The van der Waals surface area contributed by atoms with Gasteiger partial charge in [-0.15, -0.1) is 0 Å². The first-order valence-corrected chi connectivity index (χ1v) is 7.99. The van der Waals surface area contributed by atoms with E-state index >= 15 is 0 Å². The zero-order chi connectivity index (χ0) is 16.7. The maximum atomic E-state index is 12.6. The fourth-order valence-corrected chi connectivity index (χ4v) is 3.09. The Morgan fingerprint density at radius 2 is 1.71 bits per heavy atom. The van der Waals surface area contributed by atoms with Gasteiger partial charge in [0.05, 0.1) is 10.7 Å². The van der Waals surface area contributed by atoms with Gasteiger partial charge in [-0.05, 0) is 24.4 Å². The number of furan rings is 1. The second kappa shape index (κ2) is 5.69. The SMILES string of the molecule is Cc1c(C(=O)Nc2ccccc2Cl)oc2c1ccc1ccccc12. The molecule has 4 heteroatoms. The second-order valence-electron chi connectivity index (χ2n) is 5.65. The number of carbonyl (C=O) groups is 1. The Bertz CT molecular complexity index is 1080. The van der Waals surface area contributed by atoms with Gasteiger partial charge in [0, 0.05) is 16.3 Å². The summed E-state index contributed by atoms with van der Waals surface area (Å²) < 4.78 is 5.93. The van der Waals surface area contributed by atoms with Crippen LogP contribution in [0.2, 0.25) is 5.02 Å². The van der Waals surface area contributed by atoms with Crippen molar-refractivity contribution in [2.24, 2.45) is 0 Å². The number of benzene rings is 3. The van der Waals surface area contributed by atoms with Crippen LogP contribution in [0.1, 0.15) is 16.1 Å². The van der Waals surface area contributed by atoms with Crippen molar-refractivity contribution in [3.05, 3.63) is 77.0 Å². The van der Waals surface area contributed by atoms with Crippen LogP contribution < -0.4 is 5.32 Å². The fraction of sp³-hybridized carbons (Fsp3) is 0.0500. The summed E-state index contributed by atoms with van der Waals surface area (Å²) in [6, 6.07) is 19.1. The molecule has 0 aliphatic rings. The molecule has 4 rings (SSSR count). The molecule has 0 aliphatic heterocycles. The fourth-order valence-electron chi connectivity index (χ4n) is 2.91. The third kappa shape index (κ3) is 2.34. The van der Waals surface area contributed by atoms with Crippen LogP contribution in [0.15, 0.2) is 65.1 Å². The lowest BCUT2D eigenvalue weighted by molar-refractivity contribution is 0.0998. The van der Waals surface area contributed by atoms with Gasteiger partial charge >= 0.3 is 0 Å². The van der Waals surface area contributed by atoms with E-state index in [1.807, 2.05) is 55.5 Å². The summed E-state index contributed by atoms with van der Waals surface area (Å²) in [6.07, 6.45) is 0. The zero-order valence-electron chi connectivity index (χ0n) is 13.0. The van der Waals surface area contributed by atoms with Crippen LogP contribution in [0.25, 0.3) is 21.7 Å². The van der Waals surface area contributed by atoms with Crippen LogP contribution in [0.4, 0.5) is 5.69 Å². The highest BCUT2D eigenvalue weighted by Crippen LogP contribution is 2.32. The van der Waals surface area contributed by atoms with Crippen LogP contribution in [-0.2, 0) is 0 Å². The quantitative estimate of drug-likeness (QED) is 0.503. The molecular weight excluding hydrogens is 322 g/mol. The van der Waals surface area contributed by atoms with E-state index in [4.69, 9.17) is 16.0 Å². The Kier molecular flexibility index (Phi) is 3.51. The maximum Gasteiger partial charge on any atom is 0.291 e. The van der Waals surface area contributed by atoms with Crippen molar-refractivity contribution in [2.75, 3.05) is 5.32 Å². The number of hydrogen-bond donors (Lipinski definition) is 1. The highest BCUT2D eigenvalue weighted by molar-refractivity contribution is 6.33. The van der Waals surface area contributed by atoms with Crippen molar-refractivity contribution < 1.29 is 9.21 Å². The molecule has 3 aromatic carbocycles. The molecular formula is C20H14ClNO2. The third-order valence-corrected chi connectivity index (χ3v) is 4.49. The number of hydrogen-bond acceptors (Lipinski definition) is 2. The molecule has 1 amide bonds. The van der Waals surface area contributed by atoms with E-state index in [1.165, 1.54) is 0 Å². The van der Waals surface area contributed by atoms with Gasteiger partial charge in [0.15, 0.2) is 5.76 Å². The first-order valence-electron chi connectivity index (χ1n) is 7.62. The van der Waals surface area contributed by atoms with Gasteiger partial charge in [-0.2, -0.15) is 0 Å². The molecule has 0 unspecified atom stereocenters. The smallest absolute Gasteiger partial charge is 0.291 e. The second-order valence-corrected chi connectivity index (χ2v) is 6.06. The number of carbonyl (C=O) groups excluding carboxylic acids is 1. The third-order valence-electron chi connectivity index (χ3n) is 4.16. The van der Waals surface area contributed by atoms with Gasteiger partial charge in [-0.3, -0.25) is 4.79 Å². The number of aryl methyl sites for hydroxylation is 1. The van der Waals surface area contributed by atoms with Crippen molar-refractivity contribution in [1.82, 2.24) is 0 Å². The lowest BCUT2D eigenvalue weighted by Gasteiger charge is -2.05. The van der Waals surface area contributed by atoms with Crippen LogP contribution in [0.5, 0.6) is 0 Å². The number of halogens is 1. The highest BCUT2D eigenvalue weighted by atomic mass is 35.5. The zero-order valence-corrected chi connectivity index (χ0v) is 13.7. The minimum Gasteiger partial charge on any atom is -0.450 e. The molecule has 3 nitrogen and oxygen atoms in total. The predicted octanol–water partition coefficient (Wildman–Crippen LogP) is 5.80. The molecule has 1 heterocycles. The minimum atomic E-state index is -0.305. The van der Waals surface area contributed by atoms with E-state index in [1.54, 1.807) is 12.1 Å². The molecule has 1 N–H and O–H groups in total. The summed E-state index contributed by atoms with van der Waals surface area (Å²) >= 11 is 6.11. The van der Waals surface area contributed by atoms with Crippen LogP contribution in [-0.4, -0.2) is 5.91 Å². The van der Waals surface area contributed by atoms with Crippen molar-refractivity contribution >= 4 is 44.9 Å². The Hall–Kier alpha value is -2.78. The Balaban J connectivity index is 1.82. The number of fused-ring (bicyclic) bond motifs is 3. The Labute approximate surface area is 143 Å². The molecule has 118 valence electrons. The number of rotatable bonds is 2. The average Bonchev–Trinajstić information content (AvgIpc) is 2.94. The van der Waals surface area contributed by atoms with Crippen molar-refractivity contribution in [2.45, 2.75) is 6.92 Å². The van der Waals surface area contributed by atoms with Crippen LogP contribution >= 0.6 is 11.6 Å². The summed E-state index contributed by atoms with van der Waals surface area (Å²) in [5.41, 5.74) is 2.11. The molecule has 0 aliphatic carbocycles. The minimum absolute atomic E-state index is 0.305. The van der Waals surface area contributed by atoms with Gasteiger partial charge < -0.3 is 9.73 Å². The van der Waals surface area contributed by atoms with E-state index < -0.39 is 0 Å². The molecule has 0 fully saturated rings. The first-order chi connectivity index (χ1) is 11.6. The summed E-state index contributed by atoms with van der Waals surface area (Å²) in [5.74, 6) is 0.00199. The normalized spacial score (nSPS) is 11.1. The average molecular weight is 336 g/mol. The highest BCUT2D eigenvalue weighted by Gasteiger charge is 2.19. The Morgan fingerprint density at radius 1 is 0.958 bits per heavy atom. The molecule has 0 spiro atoms. The van der Waals surface area contributed by atoms with E-state index in [-0.39, 0.29) is 5.91 Å². The van der Waals surface area contributed by atoms with Gasteiger partial charge in [0.2, 0.25) is 0 Å². The summed E-state index contributed by atoms with van der Waals surface area (Å²) in [4.78, 5) is 12.6. The number of anilines is 1. The molecule has 4 aromatic rings. The maximum absolute atomic E-state index is 12.6. The number of nitrogens with one attached hydrogen (secondary N) is 1. The van der Waals surface area contributed by atoms with E-state index in [2.05, 4.69) is 5.32 Å². The van der Waals surface area contributed by atoms with Crippen molar-refractivity contribution in [3.63, 3.8) is 0 Å². The van der Waals surface area contributed by atoms with Gasteiger partial charge in [-0.25, -0.2) is 0 Å². The van der Waals surface area contributed by atoms with Crippen LogP contribution in [0.3, 0.4) is 0 Å². The lowest BCUT2D eigenvalue weighted by Crippen LogP contribution is -2.12. The molecule has 0 radical (unpaired) electrons. The van der Waals surface area contributed by atoms with Crippen molar-refractivity contribution in [1.29, 1.82) is 0 Å². The monoisotopic (exact) mass is 335 g/mol. The lowest BCUT2D eigenvalue weighted by atomic mass is 10.1. The standard InChI is InChI=1S/C20H14ClNO2/c1-12-14-11-10-13-6-2-3-7-15(13)19(14)24-18(12)20(23)22-17-9-5-4-8-16(17)21/h2-11H,1H3,(H,22,23). The van der Waals surface area contributed by atoms with E-state index in [0.717, 1.165) is 27.3 Å². The molecule has 0 atom stereocenters. The largest absolute Gasteiger partial charge is 0.450 e. The predicted molar refractivity (Wildman–Crippen MR) is 97.9 cm³/mol. The van der Waals surface area contributed by atoms with Gasteiger partial charge in [0.1, 0.15) is 5.58 Å². The van der Waals surface area contributed by atoms with Gasteiger partial charge in [0.25, 0.3) is 5.91 Å². The summed E-state index contributed by atoms with van der Waals surface area (Å²) in [7, 11) is 0.